The summed E-state index contributed by atoms with van der Waals surface area (Å²) in [7, 11) is 0. The van der Waals surface area contributed by atoms with E-state index in [9.17, 15) is 0 Å². The van der Waals surface area contributed by atoms with Crippen LogP contribution in [0.2, 0.25) is 0 Å². The molecule has 1 saturated heterocycles. The number of hydrogen-bond acceptors (Lipinski definition) is 3. The van der Waals surface area contributed by atoms with Crippen LogP contribution in [0, 0.1) is 6.92 Å². The van der Waals surface area contributed by atoms with Crippen LogP contribution in [0.1, 0.15) is 34.7 Å². The van der Waals surface area contributed by atoms with Gasteiger partial charge in [-0.25, -0.2) is 4.98 Å². The van der Waals surface area contributed by atoms with Gasteiger partial charge in [-0.05, 0) is 25.8 Å². The molecule has 0 saturated carbocycles. The Balaban J connectivity index is 1.59. The lowest BCUT2D eigenvalue weighted by molar-refractivity contribution is 0.486. The van der Waals surface area contributed by atoms with Crippen LogP contribution < -0.4 is 5.32 Å². The molecule has 1 unspecified atom stereocenters. The van der Waals surface area contributed by atoms with Crippen LogP contribution >= 0.6 is 11.3 Å². The lowest BCUT2D eigenvalue weighted by Gasteiger charge is -2.21. The Labute approximate surface area is 148 Å². The standard InChI is InChI=1S/C19H26N4S/c1-3-20-19(21-11-9-18-22-13-15(2)24-18)23-12-10-17(14-23)16-7-5-4-6-8-16/h4-8,13,17H,3,9-12,14H2,1-2H3,(H,20,21). The lowest BCUT2D eigenvalue weighted by Crippen LogP contribution is -2.40. The quantitative estimate of drug-likeness (QED) is 0.668. The van der Waals surface area contributed by atoms with Gasteiger partial charge in [-0.3, -0.25) is 4.99 Å². The molecule has 1 aromatic heterocycles. The van der Waals surface area contributed by atoms with Gasteiger partial charge in [0.1, 0.15) is 0 Å². The van der Waals surface area contributed by atoms with Crippen LogP contribution in [-0.4, -0.2) is 42.0 Å². The number of hydrogen-bond donors (Lipinski definition) is 1. The zero-order chi connectivity index (χ0) is 16.8. The minimum absolute atomic E-state index is 0.608. The molecule has 2 heterocycles. The molecule has 128 valence electrons. The molecule has 0 amide bonds. The normalized spacial score (nSPS) is 18.2. The Morgan fingerprint density at radius 2 is 2.21 bits per heavy atom. The zero-order valence-corrected chi connectivity index (χ0v) is 15.4. The molecule has 1 fully saturated rings. The first-order valence-electron chi connectivity index (χ1n) is 8.75. The molecule has 1 aliphatic rings. The molecule has 2 aromatic rings. The monoisotopic (exact) mass is 342 g/mol. The summed E-state index contributed by atoms with van der Waals surface area (Å²) in [6, 6.07) is 10.8. The van der Waals surface area contributed by atoms with E-state index >= 15 is 0 Å². The summed E-state index contributed by atoms with van der Waals surface area (Å²) < 4.78 is 0. The highest BCUT2D eigenvalue weighted by molar-refractivity contribution is 7.11. The van der Waals surface area contributed by atoms with Crippen LogP contribution in [-0.2, 0) is 6.42 Å². The molecule has 1 N–H and O–H groups in total. The molecular weight excluding hydrogens is 316 g/mol. The molecule has 3 rings (SSSR count). The molecule has 5 heteroatoms. The van der Waals surface area contributed by atoms with Gasteiger partial charge in [0.25, 0.3) is 0 Å². The molecule has 1 atom stereocenters. The van der Waals surface area contributed by atoms with Crippen molar-refractivity contribution in [3.63, 3.8) is 0 Å². The van der Waals surface area contributed by atoms with Gasteiger partial charge in [-0.2, -0.15) is 0 Å². The molecular formula is C19H26N4S. The molecule has 0 aliphatic carbocycles. The molecule has 1 aromatic carbocycles. The summed E-state index contributed by atoms with van der Waals surface area (Å²) in [6.07, 6.45) is 4.06. The third kappa shape index (κ3) is 4.35. The van der Waals surface area contributed by atoms with E-state index in [1.807, 2.05) is 6.20 Å². The SMILES string of the molecule is CCNC(=NCCc1ncc(C)s1)N1CCC(c2ccccc2)C1. The zero-order valence-electron chi connectivity index (χ0n) is 14.5. The molecule has 24 heavy (non-hydrogen) atoms. The summed E-state index contributed by atoms with van der Waals surface area (Å²) in [5, 5.41) is 4.62. The Morgan fingerprint density at radius 3 is 2.92 bits per heavy atom. The first-order valence-corrected chi connectivity index (χ1v) is 9.57. The minimum atomic E-state index is 0.608. The maximum Gasteiger partial charge on any atom is 0.193 e. The molecule has 0 bridgehead atoms. The van der Waals surface area contributed by atoms with Gasteiger partial charge in [0.2, 0.25) is 0 Å². The topological polar surface area (TPSA) is 40.5 Å². The van der Waals surface area contributed by atoms with E-state index < -0.39 is 0 Å². The first-order chi connectivity index (χ1) is 11.8. The van der Waals surface area contributed by atoms with E-state index in [1.165, 1.54) is 21.9 Å². The number of nitrogens with zero attached hydrogens (tertiary/aromatic N) is 3. The fourth-order valence-corrected chi connectivity index (χ4v) is 3.93. The van der Waals surface area contributed by atoms with Crippen molar-refractivity contribution < 1.29 is 0 Å². The van der Waals surface area contributed by atoms with E-state index in [4.69, 9.17) is 4.99 Å². The van der Waals surface area contributed by atoms with Crippen molar-refractivity contribution in [3.8, 4) is 0 Å². The van der Waals surface area contributed by atoms with E-state index in [0.29, 0.717) is 5.92 Å². The third-order valence-electron chi connectivity index (χ3n) is 4.35. The van der Waals surface area contributed by atoms with Crippen molar-refractivity contribution in [3.05, 3.63) is 52.0 Å². The highest BCUT2D eigenvalue weighted by atomic mass is 32.1. The van der Waals surface area contributed by atoms with Crippen molar-refractivity contribution in [1.82, 2.24) is 15.2 Å². The number of aromatic nitrogens is 1. The predicted molar refractivity (Wildman–Crippen MR) is 102 cm³/mol. The van der Waals surface area contributed by atoms with Crippen molar-refractivity contribution in [2.75, 3.05) is 26.2 Å². The Hall–Kier alpha value is -1.88. The first kappa shape index (κ1) is 17.0. The lowest BCUT2D eigenvalue weighted by atomic mass is 9.99. The number of thiazole rings is 1. The van der Waals surface area contributed by atoms with Crippen LogP contribution in [0.15, 0.2) is 41.5 Å². The molecule has 1 aliphatic heterocycles. The van der Waals surface area contributed by atoms with Gasteiger partial charge < -0.3 is 10.2 Å². The average molecular weight is 343 g/mol. The van der Waals surface area contributed by atoms with Crippen LogP contribution in [0.4, 0.5) is 0 Å². The van der Waals surface area contributed by atoms with Crippen molar-refractivity contribution in [2.45, 2.75) is 32.6 Å². The average Bonchev–Trinajstić information content (AvgIpc) is 3.24. The number of benzene rings is 1. The Kier molecular flexibility index (Phi) is 5.86. The van der Waals surface area contributed by atoms with Gasteiger partial charge in [0.05, 0.1) is 5.01 Å². The summed E-state index contributed by atoms with van der Waals surface area (Å²) in [5.74, 6) is 1.65. The molecule has 4 nitrogen and oxygen atoms in total. The van der Waals surface area contributed by atoms with Gasteiger partial charge in [0.15, 0.2) is 5.96 Å². The van der Waals surface area contributed by atoms with Crippen LogP contribution in [0.25, 0.3) is 0 Å². The van der Waals surface area contributed by atoms with Gasteiger partial charge in [0, 0.05) is 49.6 Å². The summed E-state index contributed by atoms with van der Waals surface area (Å²) in [6.45, 7) is 8.05. The van der Waals surface area contributed by atoms with Crippen LogP contribution in [0.3, 0.4) is 0 Å². The van der Waals surface area contributed by atoms with Crippen LogP contribution in [0.5, 0.6) is 0 Å². The number of aliphatic imine (C=N–C) groups is 1. The van der Waals surface area contributed by atoms with E-state index in [-0.39, 0.29) is 0 Å². The van der Waals surface area contributed by atoms with Crippen molar-refractivity contribution in [2.24, 2.45) is 4.99 Å². The predicted octanol–water partition coefficient (Wildman–Crippen LogP) is 3.45. The second-order valence-electron chi connectivity index (χ2n) is 6.19. The third-order valence-corrected chi connectivity index (χ3v) is 5.32. The summed E-state index contributed by atoms with van der Waals surface area (Å²) in [4.78, 5) is 12.9. The smallest absolute Gasteiger partial charge is 0.193 e. The second kappa shape index (κ2) is 8.29. The van der Waals surface area contributed by atoms with E-state index in [2.05, 4.69) is 59.4 Å². The maximum absolute atomic E-state index is 4.83. The largest absolute Gasteiger partial charge is 0.357 e. The summed E-state index contributed by atoms with van der Waals surface area (Å²) in [5.41, 5.74) is 1.44. The number of rotatable bonds is 5. The highest BCUT2D eigenvalue weighted by Gasteiger charge is 2.25. The van der Waals surface area contributed by atoms with E-state index in [0.717, 1.165) is 38.6 Å². The number of nitrogens with one attached hydrogen (secondary N) is 1. The fourth-order valence-electron chi connectivity index (χ4n) is 3.15. The van der Waals surface area contributed by atoms with Gasteiger partial charge in [-0.15, -0.1) is 11.3 Å². The fraction of sp³-hybridized carbons (Fsp3) is 0.474. The van der Waals surface area contributed by atoms with Gasteiger partial charge in [-0.1, -0.05) is 30.3 Å². The Morgan fingerprint density at radius 1 is 1.38 bits per heavy atom. The second-order valence-corrected chi connectivity index (χ2v) is 7.51. The van der Waals surface area contributed by atoms with Crippen molar-refractivity contribution in [1.29, 1.82) is 0 Å². The van der Waals surface area contributed by atoms with Crippen molar-refractivity contribution >= 4 is 17.3 Å². The number of guanidine groups is 1. The number of aryl methyl sites for hydroxylation is 1. The van der Waals surface area contributed by atoms with E-state index in [1.54, 1.807) is 11.3 Å². The highest BCUT2D eigenvalue weighted by Crippen LogP contribution is 2.26. The minimum Gasteiger partial charge on any atom is -0.357 e. The molecule has 0 spiro atoms. The summed E-state index contributed by atoms with van der Waals surface area (Å²) >= 11 is 1.77. The number of likely N-dealkylation sites (tertiary alicyclic amines) is 1. The maximum atomic E-state index is 4.83. The molecule has 0 radical (unpaired) electrons. The van der Waals surface area contributed by atoms with Gasteiger partial charge >= 0.3 is 0 Å². The Bertz CT molecular complexity index is 665.